The lowest BCUT2D eigenvalue weighted by molar-refractivity contribution is -0.135. The Bertz CT molecular complexity index is 433. The van der Waals surface area contributed by atoms with E-state index in [0.29, 0.717) is 26.2 Å². The maximum Gasteiger partial charge on any atom is 0.224 e. The van der Waals surface area contributed by atoms with Crippen molar-refractivity contribution in [1.29, 1.82) is 0 Å². The normalized spacial score (nSPS) is 20.3. The van der Waals surface area contributed by atoms with Crippen molar-refractivity contribution in [2.45, 2.75) is 38.9 Å². The molecule has 21 heavy (non-hydrogen) atoms. The van der Waals surface area contributed by atoms with Crippen molar-refractivity contribution >= 4 is 5.91 Å². The molecule has 0 saturated carbocycles. The van der Waals surface area contributed by atoms with E-state index in [2.05, 4.69) is 0 Å². The van der Waals surface area contributed by atoms with Gasteiger partial charge in [0.25, 0.3) is 0 Å². The summed E-state index contributed by atoms with van der Waals surface area (Å²) < 4.78 is 5.56. The second kappa shape index (κ2) is 8.15. The number of ether oxygens (including phenoxy) is 1. The Morgan fingerprint density at radius 1 is 1.43 bits per heavy atom. The van der Waals surface area contributed by atoms with E-state index in [1.54, 1.807) is 0 Å². The highest BCUT2D eigenvalue weighted by Crippen LogP contribution is 2.20. The van der Waals surface area contributed by atoms with Gasteiger partial charge in [-0.2, -0.15) is 0 Å². The van der Waals surface area contributed by atoms with E-state index in [1.807, 2.05) is 42.2 Å². The average molecular weight is 291 g/mol. The van der Waals surface area contributed by atoms with E-state index in [9.17, 15) is 9.90 Å². The molecule has 1 amide bonds. The Morgan fingerprint density at radius 2 is 2.19 bits per heavy atom. The van der Waals surface area contributed by atoms with Crippen molar-refractivity contribution in [3.8, 4) is 0 Å². The fraction of sp³-hybridized carbons (Fsp3) is 0.588. The molecule has 2 rings (SSSR count). The van der Waals surface area contributed by atoms with Crippen LogP contribution < -0.4 is 0 Å². The van der Waals surface area contributed by atoms with Gasteiger partial charge in [0.1, 0.15) is 0 Å². The molecule has 4 heteroatoms. The molecule has 0 spiro atoms. The summed E-state index contributed by atoms with van der Waals surface area (Å²) in [7, 11) is 0. The van der Waals surface area contributed by atoms with E-state index >= 15 is 0 Å². The molecule has 116 valence electrons. The fourth-order valence-corrected chi connectivity index (χ4v) is 2.71. The van der Waals surface area contributed by atoms with Crippen LogP contribution in [0, 0.1) is 5.92 Å². The summed E-state index contributed by atoms with van der Waals surface area (Å²) in [6, 6.07) is 9.96. The predicted octanol–water partition coefficient (Wildman–Crippen LogP) is 2.21. The molecule has 1 aromatic carbocycles. The number of hydrogen-bond donors (Lipinski definition) is 1. The van der Waals surface area contributed by atoms with Crippen LogP contribution in [0.5, 0.6) is 0 Å². The first-order valence-corrected chi connectivity index (χ1v) is 7.74. The van der Waals surface area contributed by atoms with Gasteiger partial charge >= 0.3 is 0 Å². The molecule has 1 saturated heterocycles. The third-order valence-corrected chi connectivity index (χ3v) is 4.06. The number of hydrogen-bond acceptors (Lipinski definition) is 3. The molecule has 1 heterocycles. The zero-order chi connectivity index (χ0) is 15.1. The first kappa shape index (κ1) is 16.0. The van der Waals surface area contributed by atoms with E-state index in [1.165, 1.54) is 0 Å². The molecule has 4 nitrogen and oxygen atoms in total. The summed E-state index contributed by atoms with van der Waals surface area (Å²) in [6.45, 7) is 4.28. The Labute approximate surface area is 126 Å². The van der Waals surface area contributed by atoms with E-state index in [-0.39, 0.29) is 17.9 Å². The van der Waals surface area contributed by atoms with Crippen molar-refractivity contribution in [2.75, 3.05) is 19.7 Å². The standard InChI is InChI=1S/C17H25NO3/c1-14(19)16-8-5-10-18(12-16)17(20)9-11-21-13-15-6-3-2-4-7-15/h2-4,6-7,14,16,19H,5,8-13H2,1H3. The number of carbonyl (C=O) groups is 1. The second-order valence-corrected chi connectivity index (χ2v) is 5.77. The smallest absolute Gasteiger partial charge is 0.224 e. The Kier molecular flexibility index (Phi) is 6.21. The van der Waals surface area contributed by atoms with Crippen LogP contribution in [0.25, 0.3) is 0 Å². The van der Waals surface area contributed by atoms with Crippen LogP contribution in [0.3, 0.4) is 0 Å². The highest BCUT2D eigenvalue weighted by Gasteiger charge is 2.25. The Hall–Kier alpha value is -1.39. The minimum Gasteiger partial charge on any atom is -0.393 e. The number of nitrogens with zero attached hydrogens (tertiary/aromatic N) is 1. The lowest BCUT2D eigenvalue weighted by atomic mass is 9.93. The summed E-state index contributed by atoms with van der Waals surface area (Å²) in [5, 5.41) is 9.65. The molecule has 0 aliphatic carbocycles. The van der Waals surface area contributed by atoms with Crippen LogP contribution in [-0.2, 0) is 16.1 Å². The van der Waals surface area contributed by atoms with Crippen LogP contribution in [0.2, 0.25) is 0 Å². The van der Waals surface area contributed by atoms with Crippen molar-refractivity contribution in [3.63, 3.8) is 0 Å². The molecule has 0 bridgehead atoms. The van der Waals surface area contributed by atoms with Crippen LogP contribution in [0.15, 0.2) is 30.3 Å². The summed E-state index contributed by atoms with van der Waals surface area (Å²) in [5.41, 5.74) is 1.12. The molecule has 1 aromatic rings. The van der Waals surface area contributed by atoms with Crippen LogP contribution >= 0.6 is 0 Å². The number of amides is 1. The van der Waals surface area contributed by atoms with Gasteiger partial charge in [-0.05, 0) is 25.3 Å². The summed E-state index contributed by atoms with van der Waals surface area (Å²) in [5.74, 6) is 0.348. The lowest BCUT2D eigenvalue weighted by Gasteiger charge is -2.34. The summed E-state index contributed by atoms with van der Waals surface area (Å²) in [4.78, 5) is 14.0. The van der Waals surface area contributed by atoms with E-state index in [4.69, 9.17) is 4.74 Å². The van der Waals surface area contributed by atoms with Gasteiger partial charge in [0.15, 0.2) is 0 Å². The van der Waals surface area contributed by atoms with Crippen LogP contribution in [-0.4, -0.2) is 41.7 Å². The minimum atomic E-state index is -0.338. The van der Waals surface area contributed by atoms with Crippen LogP contribution in [0.4, 0.5) is 0 Å². The third kappa shape index (κ3) is 5.14. The zero-order valence-corrected chi connectivity index (χ0v) is 12.7. The first-order valence-electron chi connectivity index (χ1n) is 7.74. The third-order valence-electron chi connectivity index (χ3n) is 4.06. The first-order chi connectivity index (χ1) is 10.2. The molecule has 0 radical (unpaired) electrons. The fourth-order valence-electron chi connectivity index (χ4n) is 2.71. The van der Waals surface area contributed by atoms with Crippen LogP contribution in [0.1, 0.15) is 31.7 Å². The molecule has 1 aliphatic rings. The van der Waals surface area contributed by atoms with Gasteiger partial charge in [0, 0.05) is 19.0 Å². The lowest BCUT2D eigenvalue weighted by Crippen LogP contribution is -2.43. The predicted molar refractivity (Wildman–Crippen MR) is 81.7 cm³/mol. The molecule has 2 unspecified atom stereocenters. The topological polar surface area (TPSA) is 49.8 Å². The quantitative estimate of drug-likeness (QED) is 0.818. The monoisotopic (exact) mass is 291 g/mol. The number of likely N-dealkylation sites (tertiary alicyclic amines) is 1. The average Bonchev–Trinajstić information content (AvgIpc) is 2.52. The number of carbonyl (C=O) groups excluding carboxylic acids is 1. The van der Waals surface area contributed by atoms with Gasteiger partial charge in [-0.1, -0.05) is 30.3 Å². The molecule has 1 fully saturated rings. The molecular weight excluding hydrogens is 266 g/mol. The maximum atomic E-state index is 12.1. The Balaban J connectivity index is 1.67. The number of piperidine rings is 1. The number of aliphatic hydroxyl groups excluding tert-OH is 1. The SMILES string of the molecule is CC(O)C1CCCN(C(=O)CCOCc2ccccc2)C1. The van der Waals surface area contributed by atoms with Crippen molar-refractivity contribution in [3.05, 3.63) is 35.9 Å². The largest absolute Gasteiger partial charge is 0.393 e. The molecular formula is C17H25NO3. The van der Waals surface area contributed by atoms with Gasteiger partial charge < -0.3 is 14.7 Å². The molecule has 1 aliphatic heterocycles. The van der Waals surface area contributed by atoms with Gasteiger partial charge in [-0.25, -0.2) is 0 Å². The van der Waals surface area contributed by atoms with Crippen molar-refractivity contribution < 1.29 is 14.6 Å². The van der Waals surface area contributed by atoms with E-state index in [0.717, 1.165) is 24.9 Å². The number of aliphatic hydroxyl groups is 1. The summed E-state index contributed by atoms with van der Waals surface area (Å²) in [6.07, 6.45) is 2.06. The van der Waals surface area contributed by atoms with Crippen molar-refractivity contribution in [2.24, 2.45) is 5.92 Å². The molecule has 2 atom stereocenters. The highest BCUT2D eigenvalue weighted by molar-refractivity contribution is 5.76. The number of rotatable bonds is 6. The van der Waals surface area contributed by atoms with Gasteiger partial charge in [0.2, 0.25) is 5.91 Å². The van der Waals surface area contributed by atoms with Gasteiger partial charge in [0.05, 0.1) is 25.7 Å². The second-order valence-electron chi connectivity index (χ2n) is 5.77. The zero-order valence-electron chi connectivity index (χ0n) is 12.7. The van der Waals surface area contributed by atoms with Gasteiger partial charge in [-0.3, -0.25) is 4.79 Å². The van der Waals surface area contributed by atoms with Crippen molar-refractivity contribution in [1.82, 2.24) is 4.90 Å². The summed E-state index contributed by atoms with van der Waals surface area (Å²) >= 11 is 0. The van der Waals surface area contributed by atoms with Gasteiger partial charge in [-0.15, -0.1) is 0 Å². The molecule has 0 aromatic heterocycles. The highest BCUT2D eigenvalue weighted by atomic mass is 16.5. The maximum absolute atomic E-state index is 12.1. The molecule has 1 N–H and O–H groups in total. The van der Waals surface area contributed by atoms with E-state index < -0.39 is 0 Å². The minimum absolute atomic E-state index is 0.133. The Morgan fingerprint density at radius 3 is 2.90 bits per heavy atom. The number of benzene rings is 1.